The molecule has 0 saturated heterocycles. The quantitative estimate of drug-likeness (QED) is 0.460. The van der Waals surface area contributed by atoms with E-state index in [2.05, 4.69) is 90.8 Å². The molecule has 1 aromatic heterocycles. The second-order valence-corrected chi connectivity index (χ2v) is 8.16. The third kappa shape index (κ3) is 2.99. The highest BCUT2D eigenvalue weighted by atomic mass is 16.3. The molecular weight excluding hydrogens is 354 g/mol. The summed E-state index contributed by atoms with van der Waals surface area (Å²) in [6.45, 7) is 2.40. The van der Waals surface area contributed by atoms with Crippen LogP contribution in [0.5, 0.6) is 0 Å². The van der Waals surface area contributed by atoms with Crippen molar-refractivity contribution in [2.45, 2.75) is 31.6 Å². The Balaban J connectivity index is 1.77. The van der Waals surface area contributed by atoms with E-state index in [0.29, 0.717) is 0 Å². The molecule has 0 amide bonds. The third-order valence-electron chi connectivity index (χ3n) is 6.72. The topological polar surface area (TPSA) is 36.0 Å². The molecule has 0 fully saturated rings. The number of aliphatic hydroxyl groups is 1. The number of benzene rings is 3. The molecule has 2 heteroatoms. The summed E-state index contributed by atoms with van der Waals surface area (Å²) in [5.41, 5.74) is 7.95. The van der Waals surface area contributed by atoms with Gasteiger partial charge in [-0.3, -0.25) is 0 Å². The van der Waals surface area contributed by atoms with Gasteiger partial charge in [-0.15, -0.1) is 0 Å². The summed E-state index contributed by atoms with van der Waals surface area (Å²) in [5, 5.41) is 11.9. The van der Waals surface area contributed by atoms with Crippen LogP contribution in [-0.2, 0) is 12.8 Å². The fourth-order valence-corrected chi connectivity index (χ4v) is 5.40. The Kier molecular flexibility index (Phi) is 4.73. The molecule has 1 aliphatic carbocycles. The van der Waals surface area contributed by atoms with Gasteiger partial charge in [0.1, 0.15) is 0 Å². The maximum absolute atomic E-state index is 10.6. The summed E-state index contributed by atoms with van der Waals surface area (Å²) in [6, 6.07) is 28.1. The summed E-state index contributed by atoms with van der Waals surface area (Å²) in [6.07, 6.45) is 1.93. The second kappa shape index (κ2) is 7.53. The maximum Gasteiger partial charge on any atom is 0.0474 e. The van der Waals surface area contributed by atoms with Gasteiger partial charge >= 0.3 is 0 Å². The van der Waals surface area contributed by atoms with Crippen molar-refractivity contribution in [3.8, 4) is 0 Å². The highest BCUT2D eigenvalue weighted by molar-refractivity contribution is 5.86. The number of hydrogen-bond donors (Lipinski definition) is 2. The molecule has 3 aromatic carbocycles. The van der Waals surface area contributed by atoms with Crippen LogP contribution in [0.2, 0.25) is 0 Å². The summed E-state index contributed by atoms with van der Waals surface area (Å²) in [7, 11) is 0. The molecule has 2 N–H and O–H groups in total. The number of aromatic amines is 1. The number of aromatic nitrogens is 1. The number of rotatable bonds is 4. The predicted molar refractivity (Wildman–Crippen MR) is 119 cm³/mol. The van der Waals surface area contributed by atoms with E-state index in [9.17, 15) is 5.11 Å². The third-order valence-corrected chi connectivity index (χ3v) is 6.72. The van der Waals surface area contributed by atoms with Crippen LogP contribution in [0.4, 0.5) is 0 Å². The molecule has 0 radical (unpaired) electrons. The average molecular weight is 382 g/mol. The average Bonchev–Trinajstić information content (AvgIpc) is 3.16. The number of aryl methyl sites for hydroxylation is 1. The zero-order chi connectivity index (χ0) is 19.8. The molecule has 1 aliphatic rings. The first-order valence-corrected chi connectivity index (χ1v) is 10.6. The molecule has 0 aliphatic heterocycles. The molecule has 2 nitrogen and oxygen atoms in total. The van der Waals surface area contributed by atoms with Crippen molar-refractivity contribution >= 4 is 10.9 Å². The molecule has 0 bridgehead atoms. The summed E-state index contributed by atoms with van der Waals surface area (Å²) >= 11 is 0. The molecule has 0 saturated carbocycles. The summed E-state index contributed by atoms with van der Waals surface area (Å²) in [5.74, 6) is 0.620. The SMILES string of the molecule is CCc1ccccc1[C@H]1c2c([nH]c3ccccc23)C[C@H](c2ccccc2)[C@@H]1CO. The number of H-pyrrole nitrogens is 1. The van der Waals surface area contributed by atoms with E-state index in [1.807, 2.05) is 0 Å². The maximum atomic E-state index is 10.6. The molecule has 0 unspecified atom stereocenters. The van der Waals surface area contributed by atoms with E-state index in [-0.39, 0.29) is 24.4 Å². The van der Waals surface area contributed by atoms with E-state index in [1.54, 1.807) is 0 Å². The lowest BCUT2D eigenvalue weighted by Crippen LogP contribution is -2.32. The Morgan fingerprint density at radius 3 is 2.41 bits per heavy atom. The van der Waals surface area contributed by atoms with Gasteiger partial charge in [-0.05, 0) is 47.1 Å². The van der Waals surface area contributed by atoms with Crippen LogP contribution >= 0.6 is 0 Å². The summed E-state index contributed by atoms with van der Waals surface area (Å²) < 4.78 is 0. The van der Waals surface area contributed by atoms with Crippen LogP contribution in [0.25, 0.3) is 10.9 Å². The van der Waals surface area contributed by atoms with Gasteiger partial charge < -0.3 is 10.1 Å². The van der Waals surface area contributed by atoms with Gasteiger partial charge in [-0.2, -0.15) is 0 Å². The lowest BCUT2D eigenvalue weighted by molar-refractivity contribution is 0.181. The Morgan fingerprint density at radius 1 is 0.897 bits per heavy atom. The van der Waals surface area contributed by atoms with Crippen LogP contribution in [0.3, 0.4) is 0 Å². The molecule has 3 atom stereocenters. The lowest BCUT2D eigenvalue weighted by atomic mass is 9.65. The zero-order valence-electron chi connectivity index (χ0n) is 16.8. The minimum atomic E-state index is 0.150. The first-order chi connectivity index (χ1) is 14.3. The van der Waals surface area contributed by atoms with Crippen LogP contribution in [0, 0.1) is 5.92 Å². The van der Waals surface area contributed by atoms with E-state index in [0.717, 1.165) is 12.8 Å². The largest absolute Gasteiger partial charge is 0.396 e. The molecule has 29 heavy (non-hydrogen) atoms. The number of fused-ring (bicyclic) bond motifs is 3. The molecule has 4 aromatic rings. The van der Waals surface area contributed by atoms with Crippen molar-refractivity contribution in [2.24, 2.45) is 5.92 Å². The van der Waals surface area contributed by atoms with Crippen molar-refractivity contribution in [1.82, 2.24) is 4.98 Å². The zero-order valence-corrected chi connectivity index (χ0v) is 16.8. The van der Waals surface area contributed by atoms with Crippen molar-refractivity contribution in [3.63, 3.8) is 0 Å². The molecule has 5 rings (SSSR count). The van der Waals surface area contributed by atoms with Gasteiger partial charge in [0.05, 0.1) is 0 Å². The van der Waals surface area contributed by atoms with Crippen LogP contribution < -0.4 is 0 Å². The fourth-order valence-electron chi connectivity index (χ4n) is 5.40. The Morgan fingerprint density at radius 2 is 1.62 bits per heavy atom. The first kappa shape index (κ1) is 18.2. The van der Waals surface area contributed by atoms with E-state index < -0.39 is 0 Å². The fraction of sp³-hybridized carbons (Fsp3) is 0.259. The molecule has 0 spiro atoms. The Bertz CT molecular complexity index is 1130. The lowest BCUT2D eigenvalue weighted by Gasteiger charge is -2.39. The Labute approximate surface area is 172 Å². The summed E-state index contributed by atoms with van der Waals surface area (Å²) in [4.78, 5) is 3.72. The van der Waals surface area contributed by atoms with Gasteiger partial charge in [-0.1, -0.05) is 79.7 Å². The highest BCUT2D eigenvalue weighted by Gasteiger charge is 2.40. The monoisotopic (exact) mass is 381 g/mol. The van der Waals surface area contributed by atoms with E-state index in [1.165, 1.54) is 38.9 Å². The van der Waals surface area contributed by atoms with Gasteiger partial charge in [0, 0.05) is 35.0 Å². The van der Waals surface area contributed by atoms with Crippen LogP contribution in [0.1, 0.15) is 46.7 Å². The molecule has 1 heterocycles. The number of para-hydroxylation sites is 1. The van der Waals surface area contributed by atoms with Gasteiger partial charge in [0.25, 0.3) is 0 Å². The minimum Gasteiger partial charge on any atom is -0.396 e. The number of aliphatic hydroxyl groups excluding tert-OH is 1. The van der Waals surface area contributed by atoms with E-state index in [4.69, 9.17) is 0 Å². The normalized spacial score (nSPS) is 21.2. The second-order valence-electron chi connectivity index (χ2n) is 8.16. The van der Waals surface area contributed by atoms with Crippen molar-refractivity contribution < 1.29 is 5.11 Å². The standard InChI is InChI=1S/C27H27NO/c1-2-18-10-6-7-13-20(18)26-23(17-29)22(19-11-4-3-5-12-19)16-25-27(26)21-14-8-9-15-24(21)28-25/h3-15,22-23,26,28-29H,2,16-17H2,1H3/t22-,23+,26-/m1/s1. The smallest absolute Gasteiger partial charge is 0.0474 e. The van der Waals surface area contributed by atoms with Crippen molar-refractivity contribution in [1.29, 1.82) is 0 Å². The van der Waals surface area contributed by atoms with Gasteiger partial charge in [0.2, 0.25) is 0 Å². The van der Waals surface area contributed by atoms with Crippen LogP contribution in [-0.4, -0.2) is 16.7 Å². The Hall–Kier alpha value is -2.84. The molecule has 146 valence electrons. The first-order valence-electron chi connectivity index (χ1n) is 10.6. The van der Waals surface area contributed by atoms with Crippen LogP contribution in [0.15, 0.2) is 78.9 Å². The van der Waals surface area contributed by atoms with Gasteiger partial charge in [-0.25, -0.2) is 0 Å². The highest BCUT2D eigenvalue weighted by Crippen LogP contribution is 2.50. The predicted octanol–water partition coefficient (Wildman–Crippen LogP) is 5.81. The van der Waals surface area contributed by atoms with Crippen molar-refractivity contribution in [3.05, 3.63) is 107 Å². The number of nitrogens with one attached hydrogen (secondary N) is 1. The molecular formula is C27H27NO. The minimum absolute atomic E-state index is 0.150. The van der Waals surface area contributed by atoms with Crippen molar-refractivity contribution in [2.75, 3.05) is 6.61 Å². The number of hydrogen-bond acceptors (Lipinski definition) is 1. The van der Waals surface area contributed by atoms with Gasteiger partial charge in [0.15, 0.2) is 0 Å². The van der Waals surface area contributed by atoms with E-state index >= 15 is 0 Å².